The van der Waals surface area contributed by atoms with Gasteiger partial charge in [0.1, 0.15) is 6.61 Å². The Balaban J connectivity index is 1.77. The van der Waals surface area contributed by atoms with Gasteiger partial charge in [0.15, 0.2) is 5.78 Å². The molecule has 1 aliphatic rings. The molecule has 0 spiro atoms. The van der Waals surface area contributed by atoms with E-state index in [4.69, 9.17) is 10.00 Å². The van der Waals surface area contributed by atoms with E-state index < -0.39 is 0 Å². The number of amides is 1. The van der Waals surface area contributed by atoms with Crippen LogP contribution in [0.5, 0.6) is 0 Å². The number of rotatable bonds is 8. The van der Waals surface area contributed by atoms with E-state index in [0.717, 1.165) is 5.56 Å². The topological polar surface area (TPSA) is 96.3 Å². The maximum atomic E-state index is 12.3. The number of carbonyl (C=O) groups is 3. The average molecular weight is 342 g/mol. The van der Waals surface area contributed by atoms with Crippen molar-refractivity contribution < 1.29 is 19.1 Å². The Kier molecular flexibility index (Phi) is 6.29. The fourth-order valence-corrected chi connectivity index (χ4v) is 2.58. The SMILES string of the molecule is CC(CCC(C)C(=O)OCCC#N)C(=O)Nc1ccc2c(c1)C(=O)C2. The van der Waals surface area contributed by atoms with E-state index >= 15 is 0 Å². The minimum absolute atomic E-state index is 0.0999. The third-order valence-electron chi connectivity index (χ3n) is 4.37. The van der Waals surface area contributed by atoms with Crippen molar-refractivity contribution in [3.05, 3.63) is 29.3 Å². The number of esters is 1. The Hall–Kier alpha value is -2.68. The van der Waals surface area contributed by atoms with Crippen LogP contribution in [0, 0.1) is 23.2 Å². The first-order chi connectivity index (χ1) is 11.9. The number of ether oxygens (including phenoxy) is 1. The van der Waals surface area contributed by atoms with Crippen LogP contribution in [0.4, 0.5) is 5.69 Å². The molecule has 6 nitrogen and oxygen atoms in total. The van der Waals surface area contributed by atoms with Gasteiger partial charge in [0.05, 0.1) is 18.4 Å². The third-order valence-corrected chi connectivity index (χ3v) is 4.37. The summed E-state index contributed by atoms with van der Waals surface area (Å²) in [6.07, 6.45) is 1.73. The quantitative estimate of drug-likeness (QED) is 0.579. The van der Waals surface area contributed by atoms with E-state index in [9.17, 15) is 14.4 Å². The summed E-state index contributed by atoms with van der Waals surface area (Å²) in [4.78, 5) is 35.4. The molecule has 1 amide bonds. The molecule has 2 atom stereocenters. The molecular weight excluding hydrogens is 320 g/mol. The number of nitrogens with zero attached hydrogens (tertiary/aromatic N) is 1. The molecule has 2 unspecified atom stereocenters. The van der Waals surface area contributed by atoms with Gasteiger partial charge in [0.2, 0.25) is 5.91 Å². The zero-order valence-corrected chi connectivity index (χ0v) is 14.5. The number of ketones is 1. The molecule has 1 aromatic rings. The van der Waals surface area contributed by atoms with E-state index in [-0.39, 0.29) is 42.5 Å². The normalized spacial score (nSPS) is 14.5. The van der Waals surface area contributed by atoms with E-state index in [1.54, 1.807) is 26.0 Å². The Labute approximate surface area is 147 Å². The summed E-state index contributed by atoms with van der Waals surface area (Å²) in [5, 5.41) is 11.2. The van der Waals surface area contributed by atoms with Gasteiger partial charge in [-0.1, -0.05) is 19.9 Å². The minimum Gasteiger partial charge on any atom is -0.464 e. The summed E-state index contributed by atoms with van der Waals surface area (Å²) in [5.74, 6) is -0.970. The first kappa shape index (κ1) is 18.7. The fourth-order valence-electron chi connectivity index (χ4n) is 2.58. The minimum atomic E-state index is -0.344. The molecule has 2 rings (SSSR count). The summed E-state index contributed by atoms with van der Waals surface area (Å²) in [6, 6.07) is 7.28. The van der Waals surface area contributed by atoms with Crippen LogP contribution in [0.1, 0.15) is 49.0 Å². The van der Waals surface area contributed by atoms with Crippen LogP contribution >= 0.6 is 0 Å². The molecular formula is C19H22N2O4. The van der Waals surface area contributed by atoms with Gasteiger partial charge in [-0.05, 0) is 30.5 Å². The smallest absolute Gasteiger partial charge is 0.308 e. The van der Waals surface area contributed by atoms with Crippen LogP contribution in [-0.2, 0) is 20.7 Å². The van der Waals surface area contributed by atoms with Gasteiger partial charge in [-0.3, -0.25) is 14.4 Å². The van der Waals surface area contributed by atoms with Crippen LogP contribution < -0.4 is 5.32 Å². The standard InChI is InChI=1S/C19H22N2O4/c1-12(4-5-13(2)19(24)25-9-3-8-20)18(23)21-15-7-6-14-10-17(22)16(14)11-15/h6-7,11-13H,3-5,9-10H2,1-2H3,(H,21,23). The van der Waals surface area contributed by atoms with E-state index in [1.165, 1.54) is 0 Å². The first-order valence-corrected chi connectivity index (χ1v) is 8.43. The molecule has 1 N–H and O–H groups in total. The molecule has 0 heterocycles. The molecule has 25 heavy (non-hydrogen) atoms. The summed E-state index contributed by atoms with van der Waals surface area (Å²) in [5.41, 5.74) is 2.31. The lowest BCUT2D eigenvalue weighted by molar-refractivity contribution is -0.148. The van der Waals surface area contributed by atoms with E-state index in [0.29, 0.717) is 30.5 Å². The van der Waals surface area contributed by atoms with Gasteiger partial charge in [0.25, 0.3) is 0 Å². The van der Waals surface area contributed by atoms with Crippen LogP contribution in [-0.4, -0.2) is 24.3 Å². The highest BCUT2D eigenvalue weighted by Gasteiger charge is 2.24. The molecule has 1 aromatic carbocycles. The highest BCUT2D eigenvalue weighted by molar-refractivity contribution is 6.07. The van der Waals surface area contributed by atoms with Crippen molar-refractivity contribution in [1.82, 2.24) is 0 Å². The van der Waals surface area contributed by atoms with Gasteiger partial charge in [0, 0.05) is 23.6 Å². The molecule has 0 saturated heterocycles. The molecule has 0 aliphatic heterocycles. The number of hydrogen-bond acceptors (Lipinski definition) is 5. The highest BCUT2D eigenvalue weighted by atomic mass is 16.5. The third kappa shape index (κ3) is 4.90. The number of hydrogen-bond donors (Lipinski definition) is 1. The molecule has 0 bridgehead atoms. The number of nitriles is 1. The van der Waals surface area contributed by atoms with Crippen molar-refractivity contribution in [3.8, 4) is 6.07 Å². The van der Waals surface area contributed by atoms with Gasteiger partial charge >= 0.3 is 5.97 Å². The maximum absolute atomic E-state index is 12.3. The van der Waals surface area contributed by atoms with Crippen molar-refractivity contribution in [2.75, 3.05) is 11.9 Å². The largest absolute Gasteiger partial charge is 0.464 e. The number of benzene rings is 1. The Morgan fingerprint density at radius 3 is 2.68 bits per heavy atom. The van der Waals surface area contributed by atoms with Crippen molar-refractivity contribution in [3.63, 3.8) is 0 Å². The number of Topliss-reactive ketones (excluding diaryl/α,β-unsaturated/α-hetero) is 1. The predicted octanol–water partition coefficient (Wildman–Crippen LogP) is 2.87. The predicted molar refractivity (Wildman–Crippen MR) is 91.9 cm³/mol. The Morgan fingerprint density at radius 1 is 1.28 bits per heavy atom. The molecule has 0 saturated carbocycles. The molecule has 0 aromatic heterocycles. The number of carbonyl (C=O) groups excluding carboxylic acids is 3. The average Bonchev–Trinajstić information content (AvgIpc) is 2.59. The van der Waals surface area contributed by atoms with Gasteiger partial charge in [-0.15, -0.1) is 0 Å². The second-order valence-corrected chi connectivity index (χ2v) is 6.42. The summed E-state index contributed by atoms with van der Waals surface area (Å²) in [6.45, 7) is 3.66. The van der Waals surface area contributed by atoms with Crippen molar-refractivity contribution >= 4 is 23.3 Å². The molecule has 0 fully saturated rings. The number of fused-ring (bicyclic) bond motifs is 1. The lowest BCUT2D eigenvalue weighted by atomic mass is 9.87. The number of nitrogens with one attached hydrogen (secondary N) is 1. The van der Waals surface area contributed by atoms with Crippen LogP contribution in [0.3, 0.4) is 0 Å². The van der Waals surface area contributed by atoms with Crippen molar-refractivity contribution in [2.24, 2.45) is 11.8 Å². The van der Waals surface area contributed by atoms with Crippen LogP contribution in [0.25, 0.3) is 0 Å². The molecule has 6 heteroatoms. The van der Waals surface area contributed by atoms with Gasteiger partial charge in [-0.25, -0.2) is 0 Å². The van der Waals surface area contributed by atoms with Gasteiger partial charge in [-0.2, -0.15) is 5.26 Å². The second-order valence-electron chi connectivity index (χ2n) is 6.42. The summed E-state index contributed by atoms with van der Waals surface area (Å²) < 4.78 is 4.98. The number of anilines is 1. The van der Waals surface area contributed by atoms with Gasteiger partial charge < -0.3 is 10.1 Å². The zero-order chi connectivity index (χ0) is 18.4. The zero-order valence-electron chi connectivity index (χ0n) is 14.5. The molecule has 1 aliphatic carbocycles. The lowest BCUT2D eigenvalue weighted by Crippen LogP contribution is -2.24. The first-order valence-electron chi connectivity index (χ1n) is 8.43. The Morgan fingerprint density at radius 2 is 2.00 bits per heavy atom. The van der Waals surface area contributed by atoms with E-state index in [1.807, 2.05) is 12.1 Å². The molecule has 0 radical (unpaired) electrons. The fraction of sp³-hybridized carbons (Fsp3) is 0.474. The highest BCUT2D eigenvalue weighted by Crippen LogP contribution is 2.26. The second kappa shape index (κ2) is 8.43. The van der Waals surface area contributed by atoms with Crippen LogP contribution in [0.15, 0.2) is 18.2 Å². The summed E-state index contributed by atoms with van der Waals surface area (Å²) >= 11 is 0. The van der Waals surface area contributed by atoms with Crippen molar-refractivity contribution in [2.45, 2.75) is 39.5 Å². The summed E-state index contributed by atoms with van der Waals surface area (Å²) in [7, 11) is 0. The maximum Gasteiger partial charge on any atom is 0.308 e. The van der Waals surface area contributed by atoms with E-state index in [2.05, 4.69) is 5.32 Å². The Bertz CT molecular complexity index is 721. The van der Waals surface area contributed by atoms with Crippen LogP contribution in [0.2, 0.25) is 0 Å². The van der Waals surface area contributed by atoms with Crippen molar-refractivity contribution in [1.29, 1.82) is 5.26 Å². The molecule has 132 valence electrons. The lowest BCUT2D eigenvalue weighted by Gasteiger charge is -2.19. The monoisotopic (exact) mass is 342 g/mol.